The van der Waals surface area contributed by atoms with Crippen LogP contribution < -0.4 is 16.0 Å². The minimum absolute atomic E-state index is 0.400. The lowest BCUT2D eigenvalue weighted by Gasteiger charge is -2.18. The molecule has 0 fully saturated rings. The number of ether oxygens (including phenoxy) is 1. The number of rotatable bonds is 6. The van der Waals surface area contributed by atoms with Crippen molar-refractivity contribution in [3.63, 3.8) is 0 Å². The van der Waals surface area contributed by atoms with E-state index in [0.29, 0.717) is 19.1 Å². The molecule has 2 aromatic carbocycles. The second-order valence-electron chi connectivity index (χ2n) is 5.96. The molecule has 3 rings (SSSR count). The van der Waals surface area contributed by atoms with E-state index < -0.39 is 0 Å². The van der Waals surface area contributed by atoms with Crippen molar-refractivity contribution in [2.24, 2.45) is 10.7 Å². The molecule has 0 bridgehead atoms. The van der Waals surface area contributed by atoms with Crippen LogP contribution >= 0.6 is 0 Å². The maximum absolute atomic E-state index is 6.06. The van der Waals surface area contributed by atoms with E-state index in [0.717, 1.165) is 29.9 Å². The van der Waals surface area contributed by atoms with E-state index in [1.54, 1.807) is 7.11 Å². The SMILES string of the molecule is COCc1ccccc1NC(N)=NCc1cccc(N2CC=CC2)c1. The number of hydrogen-bond acceptors (Lipinski definition) is 3. The van der Waals surface area contributed by atoms with Gasteiger partial charge in [-0.05, 0) is 23.8 Å². The lowest BCUT2D eigenvalue weighted by molar-refractivity contribution is 0.185. The number of nitrogens with two attached hydrogens (primary N) is 1. The Morgan fingerprint density at radius 3 is 2.76 bits per heavy atom. The van der Waals surface area contributed by atoms with Crippen molar-refractivity contribution >= 4 is 17.3 Å². The molecule has 1 aliphatic rings. The summed E-state index contributed by atoms with van der Waals surface area (Å²) in [7, 11) is 1.68. The second kappa shape index (κ2) is 8.35. The molecule has 0 amide bonds. The van der Waals surface area contributed by atoms with E-state index in [9.17, 15) is 0 Å². The topological polar surface area (TPSA) is 62.9 Å². The summed E-state index contributed by atoms with van der Waals surface area (Å²) in [6, 6.07) is 16.3. The van der Waals surface area contributed by atoms with E-state index >= 15 is 0 Å². The second-order valence-corrected chi connectivity index (χ2v) is 5.96. The lowest BCUT2D eigenvalue weighted by Crippen LogP contribution is -2.23. The molecule has 0 spiro atoms. The number of hydrogen-bond donors (Lipinski definition) is 2. The molecule has 0 saturated carbocycles. The van der Waals surface area contributed by atoms with Crippen LogP contribution in [0.3, 0.4) is 0 Å². The van der Waals surface area contributed by atoms with Crippen LogP contribution in [0.1, 0.15) is 11.1 Å². The molecular weight excluding hydrogens is 312 g/mol. The quantitative estimate of drug-likeness (QED) is 0.483. The van der Waals surface area contributed by atoms with Gasteiger partial charge in [-0.2, -0.15) is 0 Å². The van der Waals surface area contributed by atoms with Gasteiger partial charge >= 0.3 is 0 Å². The molecule has 0 radical (unpaired) electrons. The Kier molecular flexibility index (Phi) is 5.69. The summed E-state index contributed by atoms with van der Waals surface area (Å²) in [5.74, 6) is 0.400. The van der Waals surface area contributed by atoms with Crippen molar-refractivity contribution in [2.75, 3.05) is 30.4 Å². The Balaban J connectivity index is 1.64. The summed E-state index contributed by atoms with van der Waals surface area (Å²) in [5, 5.41) is 3.16. The van der Waals surface area contributed by atoms with Gasteiger partial charge < -0.3 is 20.7 Å². The van der Waals surface area contributed by atoms with Crippen LogP contribution in [-0.4, -0.2) is 26.2 Å². The molecule has 5 nitrogen and oxygen atoms in total. The van der Waals surface area contributed by atoms with Crippen molar-refractivity contribution in [3.8, 4) is 0 Å². The lowest BCUT2D eigenvalue weighted by atomic mass is 10.2. The highest BCUT2D eigenvalue weighted by atomic mass is 16.5. The molecule has 25 heavy (non-hydrogen) atoms. The van der Waals surface area contributed by atoms with Gasteiger partial charge in [0.15, 0.2) is 5.96 Å². The Morgan fingerprint density at radius 1 is 1.16 bits per heavy atom. The number of anilines is 2. The minimum atomic E-state index is 0.400. The molecule has 1 heterocycles. The maximum atomic E-state index is 6.06. The normalized spacial score (nSPS) is 14.1. The van der Waals surface area contributed by atoms with Gasteiger partial charge in [-0.25, -0.2) is 4.99 Å². The van der Waals surface area contributed by atoms with Crippen LogP contribution in [0.5, 0.6) is 0 Å². The molecule has 2 aromatic rings. The fourth-order valence-electron chi connectivity index (χ4n) is 2.82. The molecular formula is C20H24N4O. The van der Waals surface area contributed by atoms with Gasteiger partial charge in [0, 0.05) is 37.1 Å². The highest BCUT2D eigenvalue weighted by Gasteiger charge is 2.08. The van der Waals surface area contributed by atoms with E-state index in [4.69, 9.17) is 10.5 Å². The third-order valence-corrected chi connectivity index (χ3v) is 4.11. The number of para-hydroxylation sites is 1. The molecule has 3 N–H and O–H groups in total. The van der Waals surface area contributed by atoms with Crippen molar-refractivity contribution in [1.82, 2.24) is 0 Å². The Morgan fingerprint density at radius 2 is 1.96 bits per heavy atom. The summed E-state index contributed by atoms with van der Waals surface area (Å²) < 4.78 is 5.21. The highest BCUT2D eigenvalue weighted by Crippen LogP contribution is 2.19. The summed E-state index contributed by atoms with van der Waals surface area (Å²) >= 11 is 0. The third kappa shape index (κ3) is 4.61. The molecule has 130 valence electrons. The summed E-state index contributed by atoms with van der Waals surface area (Å²) in [6.45, 7) is 3.00. The van der Waals surface area contributed by atoms with Crippen LogP contribution in [0.25, 0.3) is 0 Å². The minimum Gasteiger partial charge on any atom is -0.380 e. The van der Waals surface area contributed by atoms with Crippen molar-refractivity contribution in [2.45, 2.75) is 13.2 Å². The fraction of sp³-hybridized carbons (Fsp3) is 0.250. The summed E-state index contributed by atoms with van der Waals surface area (Å²) in [4.78, 5) is 6.78. The van der Waals surface area contributed by atoms with Gasteiger partial charge in [-0.15, -0.1) is 0 Å². The van der Waals surface area contributed by atoms with Crippen LogP contribution in [0.4, 0.5) is 11.4 Å². The van der Waals surface area contributed by atoms with Gasteiger partial charge in [0.25, 0.3) is 0 Å². The summed E-state index contributed by atoms with van der Waals surface area (Å²) in [5.41, 5.74) is 10.4. The molecule has 0 saturated heterocycles. The Hall–Kier alpha value is -2.79. The van der Waals surface area contributed by atoms with E-state index in [1.165, 1.54) is 5.69 Å². The van der Waals surface area contributed by atoms with E-state index in [1.807, 2.05) is 24.3 Å². The van der Waals surface area contributed by atoms with Gasteiger partial charge in [0.1, 0.15) is 0 Å². The fourth-order valence-corrected chi connectivity index (χ4v) is 2.82. The van der Waals surface area contributed by atoms with Crippen LogP contribution in [0.2, 0.25) is 0 Å². The van der Waals surface area contributed by atoms with Crippen LogP contribution in [0.15, 0.2) is 65.7 Å². The first-order chi connectivity index (χ1) is 12.3. The van der Waals surface area contributed by atoms with Gasteiger partial charge in [-0.1, -0.05) is 42.5 Å². The average molecular weight is 336 g/mol. The molecule has 1 aliphatic heterocycles. The average Bonchev–Trinajstić information content (AvgIpc) is 3.17. The predicted octanol–water partition coefficient (Wildman–Crippen LogP) is 3.14. The van der Waals surface area contributed by atoms with Crippen LogP contribution in [-0.2, 0) is 17.9 Å². The Labute approximate surface area is 148 Å². The number of methoxy groups -OCH3 is 1. The molecule has 0 aromatic heterocycles. The zero-order valence-electron chi connectivity index (χ0n) is 14.5. The summed E-state index contributed by atoms with van der Waals surface area (Å²) in [6.07, 6.45) is 4.37. The molecule has 0 unspecified atom stereocenters. The number of benzene rings is 2. The Bertz CT molecular complexity index is 762. The van der Waals surface area contributed by atoms with E-state index in [-0.39, 0.29) is 0 Å². The van der Waals surface area contributed by atoms with Gasteiger partial charge in [-0.3, -0.25) is 0 Å². The third-order valence-electron chi connectivity index (χ3n) is 4.11. The largest absolute Gasteiger partial charge is 0.380 e. The number of nitrogens with one attached hydrogen (secondary N) is 1. The van der Waals surface area contributed by atoms with E-state index in [2.05, 4.69) is 51.6 Å². The standard InChI is InChI=1S/C20H24N4O/c1-25-15-17-8-2-3-10-19(17)23-20(21)22-14-16-7-6-9-18(13-16)24-11-4-5-12-24/h2-10,13H,11-12,14-15H2,1H3,(H3,21,22,23). The smallest absolute Gasteiger partial charge is 0.193 e. The number of guanidine groups is 1. The van der Waals surface area contributed by atoms with Crippen molar-refractivity contribution in [3.05, 3.63) is 71.8 Å². The first-order valence-electron chi connectivity index (χ1n) is 8.39. The maximum Gasteiger partial charge on any atom is 0.193 e. The number of aliphatic imine (C=N–C) groups is 1. The monoisotopic (exact) mass is 336 g/mol. The highest BCUT2D eigenvalue weighted by molar-refractivity contribution is 5.92. The van der Waals surface area contributed by atoms with Crippen LogP contribution in [0, 0.1) is 0 Å². The first-order valence-corrected chi connectivity index (χ1v) is 8.39. The zero-order valence-corrected chi connectivity index (χ0v) is 14.5. The number of nitrogens with zero attached hydrogens (tertiary/aromatic N) is 2. The van der Waals surface area contributed by atoms with Gasteiger partial charge in [0.05, 0.1) is 13.2 Å². The first kappa shape index (κ1) is 17.0. The zero-order chi connectivity index (χ0) is 17.5. The molecule has 0 atom stereocenters. The predicted molar refractivity (Wildman–Crippen MR) is 104 cm³/mol. The van der Waals surface area contributed by atoms with Crippen molar-refractivity contribution < 1.29 is 4.74 Å². The van der Waals surface area contributed by atoms with Crippen molar-refractivity contribution in [1.29, 1.82) is 0 Å². The molecule has 5 heteroatoms. The van der Waals surface area contributed by atoms with Gasteiger partial charge in [0.2, 0.25) is 0 Å². The molecule has 0 aliphatic carbocycles.